The normalized spacial score (nSPS) is 26.8. The third kappa shape index (κ3) is 4.38. The Morgan fingerprint density at radius 3 is 2.43 bits per heavy atom. The van der Waals surface area contributed by atoms with Crippen molar-refractivity contribution in [1.29, 1.82) is 0 Å². The summed E-state index contributed by atoms with van der Waals surface area (Å²) < 4.78 is 28.6. The zero-order chi connectivity index (χ0) is 15.5. The molecule has 0 aromatic carbocycles. The molecular formula is C13H25N3O4S. The van der Waals surface area contributed by atoms with E-state index in [1.807, 2.05) is 7.05 Å². The Hall–Kier alpha value is -0.700. The van der Waals surface area contributed by atoms with Crippen molar-refractivity contribution >= 4 is 16.2 Å². The second-order valence-electron chi connectivity index (χ2n) is 6.00. The molecule has 8 heteroatoms. The van der Waals surface area contributed by atoms with Gasteiger partial charge in [-0.1, -0.05) is 6.42 Å². The average Bonchev–Trinajstić information content (AvgIpc) is 2.46. The van der Waals surface area contributed by atoms with Crippen molar-refractivity contribution in [3.63, 3.8) is 0 Å². The molecule has 21 heavy (non-hydrogen) atoms. The maximum atomic E-state index is 12.3. The Morgan fingerprint density at radius 1 is 1.19 bits per heavy atom. The van der Waals surface area contributed by atoms with Crippen LogP contribution in [-0.2, 0) is 15.0 Å². The van der Waals surface area contributed by atoms with Gasteiger partial charge in [0.15, 0.2) is 0 Å². The van der Waals surface area contributed by atoms with E-state index in [-0.39, 0.29) is 19.1 Å². The number of hydrogen-bond donors (Lipinski definition) is 2. The molecular weight excluding hydrogens is 294 g/mol. The van der Waals surface area contributed by atoms with Gasteiger partial charge in [-0.25, -0.2) is 4.72 Å². The molecule has 7 nitrogen and oxygen atoms in total. The maximum absolute atomic E-state index is 12.3. The molecule has 0 saturated carbocycles. The van der Waals surface area contributed by atoms with E-state index in [0.717, 1.165) is 19.4 Å². The smallest absolute Gasteiger partial charge is 0.306 e. The fourth-order valence-corrected chi connectivity index (χ4v) is 4.32. The summed E-state index contributed by atoms with van der Waals surface area (Å²) in [4.78, 5) is 13.1. The molecule has 2 aliphatic heterocycles. The Bertz CT molecular complexity index is 460. The van der Waals surface area contributed by atoms with E-state index in [1.54, 1.807) is 0 Å². The highest BCUT2D eigenvalue weighted by atomic mass is 32.2. The number of carbonyl (C=O) groups is 1. The SMILES string of the molecule is CN1CCCCC1CNS(=O)(=O)N1CCC(C(=O)O)CC1. The fourth-order valence-electron chi connectivity index (χ4n) is 3.04. The van der Waals surface area contributed by atoms with Crippen LogP contribution in [-0.4, -0.2) is 68.0 Å². The molecule has 2 saturated heterocycles. The van der Waals surface area contributed by atoms with Crippen LogP contribution in [0.2, 0.25) is 0 Å². The highest BCUT2D eigenvalue weighted by molar-refractivity contribution is 7.87. The molecule has 0 spiro atoms. The Kier molecular flexibility index (Phi) is 5.59. The number of carboxylic acids is 1. The van der Waals surface area contributed by atoms with Crippen LogP contribution < -0.4 is 4.72 Å². The molecule has 0 bridgehead atoms. The molecule has 2 N–H and O–H groups in total. The number of aliphatic carboxylic acids is 1. The number of hydrogen-bond acceptors (Lipinski definition) is 4. The lowest BCUT2D eigenvalue weighted by molar-refractivity contribution is -0.142. The first-order chi connectivity index (χ1) is 9.90. The number of rotatable bonds is 5. The minimum atomic E-state index is -3.49. The highest BCUT2D eigenvalue weighted by Crippen LogP contribution is 2.19. The summed E-state index contributed by atoms with van der Waals surface area (Å²) in [5, 5.41) is 8.94. The van der Waals surface area contributed by atoms with E-state index in [2.05, 4.69) is 9.62 Å². The summed E-state index contributed by atoms with van der Waals surface area (Å²) in [6, 6.07) is 0.255. The van der Waals surface area contributed by atoms with E-state index in [0.29, 0.717) is 19.4 Å². The quantitative estimate of drug-likeness (QED) is 0.750. The molecule has 0 radical (unpaired) electrons. The van der Waals surface area contributed by atoms with Crippen molar-refractivity contribution in [1.82, 2.24) is 13.9 Å². The van der Waals surface area contributed by atoms with E-state index in [4.69, 9.17) is 5.11 Å². The average molecular weight is 319 g/mol. The molecule has 0 aliphatic carbocycles. The van der Waals surface area contributed by atoms with Crippen LogP contribution in [0.5, 0.6) is 0 Å². The van der Waals surface area contributed by atoms with Crippen LogP contribution in [0.3, 0.4) is 0 Å². The molecule has 0 aromatic heterocycles. The summed E-state index contributed by atoms with van der Waals surface area (Å²) in [7, 11) is -1.47. The molecule has 2 heterocycles. The van der Waals surface area contributed by atoms with Gasteiger partial charge < -0.3 is 10.0 Å². The fraction of sp³-hybridized carbons (Fsp3) is 0.923. The van der Waals surface area contributed by atoms with Crippen LogP contribution in [0, 0.1) is 5.92 Å². The molecule has 2 rings (SSSR count). The Labute approximate surface area is 126 Å². The van der Waals surface area contributed by atoms with Gasteiger partial charge in [-0.15, -0.1) is 0 Å². The summed E-state index contributed by atoms with van der Waals surface area (Å²) in [6.45, 7) is 2.01. The van der Waals surface area contributed by atoms with Crippen molar-refractivity contribution in [3.8, 4) is 0 Å². The van der Waals surface area contributed by atoms with Crippen LogP contribution >= 0.6 is 0 Å². The lowest BCUT2D eigenvalue weighted by atomic mass is 9.99. The van der Waals surface area contributed by atoms with Gasteiger partial charge in [-0.05, 0) is 39.3 Å². The predicted molar refractivity (Wildman–Crippen MR) is 79.1 cm³/mol. The molecule has 122 valence electrons. The molecule has 0 aromatic rings. The number of likely N-dealkylation sites (tertiary alicyclic amines) is 1. The van der Waals surface area contributed by atoms with Gasteiger partial charge in [-0.3, -0.25) is 4.79 Å². The minimum absolute atomic E-state index is 0.255. The first kappa shape index (κ1) is 16.7. The predicted octanol–water partition coefficient (Wildman–Crippen LogP) is 0.102. The van der Waals surface area contributed by atoms with Gasteiger partial charge in [0.25, 0.3) is 10.2 Å². The molecule has 2 aliphatic rings. The van der Waals surface area contributed by atoms with Crippen LogP contribution in [0.25, 0.3) is 0 Å². The zero-order valence-corrected chi connectivity index (χ0v) is 13.3. The molecule has 1 atom stereocenters. The van der Waals surface area contributed by atoms with Gasteiger partial charge in [-0.2, -0.15) is 12.7 Å². The Morgan fingerprint density at radius 2 is 1.86 bits per heavy atom. The number of nitrogens with zero attached hydrogens (tertiary/aromatic N) is 2. The minimum Gasteiger partial charge on any atom is -0.481 e. The first-order valence-corrected chi connectivity index (χ1v) is 9.02. The van der Waals surface area contributed by atoms with Crippen LogP contribution in [0.15, 0.2) is 0 Å². The first-order valence-electron chi connectivity index (χ1n) is 7.58. The van der Waals surface area contributed by atoms with E-state index in [9.17, 15) is 13.2 Å². The summed E-state index contributed by atoms with van der Waals surface area (Å²) in [5.74, 6) is -1.25. The standard InChI is InChI=1S/C13H25N3O4S/c1-15-7-3-2-4-12(15)10-14-21(19,20)16-8-5-11(6-9-16)13(17)18/h11-12,14H,2-10H2,1H3,(H,17,18). The number of carboxylic acid groups (broad SMARTS) is 1. The number of likely N-dealkylation sites (N-methyl/N-ethyl adjacent to an activating group) is 1. The monoisotopic (exact) mass is 319 g/mol. The summed E-state index contributed by atoms with van der Waals surface area (Å²) in [6.07, 6.45) is 4.10. The highest BCUT2D eigenvalue weighted by Gasteiger charge is 2.31. The van der Waals surface area contributed by atoms with Crippen molar-refractivity contribution in [2.24, 2.45) is 5.92 Å². The largest absolute Gasteiger partial charge is 0.481 e. The van der Waals surface area contributed by atoms with Gasteiger partial charge in [0.05, 0.1) is 5.92 Å². The van der Waals surface area contributed by atoms with Gasteiger partial charge in [0.2, 0.25) is 0 Å². The van der Waals surface area contributed by atoms with Gasteiger partial charge in [0.1, 0.15) is 0 Å². The van der Waals surface area contributed by atoms with Crippen molar-refractivity contribution in [2.75, 3.05) is 33.2 Å². The topological polar surface area (TPSA) is 90.0 Å². The van der Waals surface area contributed by atoms with E-state index in [1.165, 1.54) is 10.7 Å². The third-order valence-corrected chi connectivity index (χ3v) is 6.14. The van der Waals surface area contributed by atoms with E-state index >= 15 is 0 Å². The lowest BCUT2D eigenvalue weighted by Crippen LogP contribution is -2.50. The number of nitrogens with one attached hydrogen (secondary N) is 1. The summed E-state index contributed by atoms with van der Waals surface area (Å²) >= 11 is 0. The molecule has 1 unspecified atom stereocenters. The third-order valence-electron chi connectivity index (χ3n) is 4.57. The van der Waals surface area contributed by atoms with E-state index < -0.39 is 22.1 Å². The number of piperidine rings is 2. The van der Waals surface area contributed by atoms with Crippen LogP contribution in [0.1, 0.15) is 32.1 Å². The second-order valence-corrected chi connectivity index (χ2v) is 7.75. The van der Waals surface area contributed by atoms with Gasteiger partial charge in [0, 0.05) is 25.7 Å². The van der Waals surface area contributed by atoms with Gasteiger partial charge >= 0.3 is 5.97 Å². The maximum Gasteiger partial charge on any atom is 0.306 e. The van der Waals surface area contributed by atoms with Crippen molar-refractivity contribution < 1.29 is 18.3 Å². The Balaban J connectivity index is 1.83. The van der Waals surface area contributed by atoms with Crippen LogP contribution in [0.4, 0.5) is 0 Å². The lowest BCUT2D eigenvalue weighted by Gasteiger charge is -2.34. The van der Waals surface area contributed by atoms with Crippen molar-refractivity contribution in [3.05, 3.63) is 0 Å². The molecule has 2 fully saturated rings. The van der Waals surface area contributed by atoms with Crippen molar-refractivity contribution in [2.45, 2.75) is 38.1 Å². The zero-order valence-electron chi connectivity index (χ0n) is 12.5. The summed E-state index contributed by atoms with van der Waals surface area (Å²) in [5.41, 5.74) is 0. The second kappa shape index (κ2) is 7.04. The molecule has 0 amide bonds.